The Balaban J connectivity index is 2.85. The van der Waals surface area contributed by atoms with Gasteiger partial charge in [0.1, 0.15) is 0 Å². The number of pyridine rings is 1. The van der Waals surface area contributed by atoms with Gasteiger partial charge in [0.25, 0.3) is 11.2 Å². The van der Waals surface area contributed by atoms with E-state index in [-0.39, 0.29) is 18.0 Å². The molecule has 104 valence electrons. The number of ether oxygens (including phenoxy) is 1. The summed E-state index contributed by atoms with van der Waals surface area (Å²) in [7, 11) is 1.34. The summed E-state index contributed by atoms with van der Waals surface area (Å²) < 4.78 is 5.04. The summed E-state index contributed by atoms with van der Waals surface area (Å²) in [4.78, 5) is 24.8. The first-order valence-electron chi connectivity index (χ1n) is 5.74. The average molecular weight is 276 g/mol. The Kier molecular flexibility index (Phi) is 3.81. The molecule has 0 spiro atoms. The number of aliphatic hydroxyl groups excluding tert-OH is 1. The Morgan fingerprint density at radius 1 is 1.50 bits per heavy atom. The van der Waals surface area contributed by atoms with Crippen LogP contribution in [0, 0.1) is 10.1 Å². The molecule has 0 saturated heterocycles. The van der Waals surface area contributed by atoms with Gasteiger partial charge < -0.3 is 14.8 Å². The van der Waals surface area contributed by atoms with E-state index in [0.717, 1.165) is 0 Å². The van der Waals surface area contributed by atoms with E-state index in [4.69, 9.17) is 9.84 Å². The lowest BCUT2D eigenvalue weighted by Gasteiger charge is -2.08. The average Bonchev–Trinajstić information content (AvgIpc) is 2.43. The number of fused-ring (bicyclic) bond motifs is 1. The van der Waals surface area contributed by atoms with Crippen LogP contribution in [0.15, 0.2) is 29.1 Å². The fourth-order valence-corrected chi connectivity index (χ4v) is 1.94. The Morgan fingerprint density at radius 2 is 2.25 bits per heavy atom. The van der Waals surface area contributed by atoms with Crippen LogP contribution in [-0.2, 0) is 0 Å². The predicted molar refractivity (Wildman–Crippen MR) is 73.9 cm³/mol. The molecule has 0 aliphatic rings. The Bertz CT molecular complexity index is 748. The Morgan fingerprint density at radius 3 is 2.85 bits per heavy atom. The van der Waals surface area contributed by atoms with Crippen LogP contribution in [0.2, 0.25) is 0 Å². The number of non-ortho nitro benzene ring substituents is 1. The smallest absolute Gasteiger partial charge is 0.291 e. The van der Waals surface area contributed by atoms with E-state index in [1.165, 1.54) is 37.5 Å². The van der Waals surface area contributed by atoms with Crippen LogP contribution in [0.25, 0.3) is 17.0 Å². The molecule has 0 amide bonds. The van der Waals surface area contributed by atoms with Crippen LogP contribution in [0.3, 0.4) is 0 Å². The summed E-state index contributed by atoms with van der Waals surface area (Å²) in [6.07, 6.45) is 2.93. The molecule has 2 rings (SSSR count). The number of nitrogens with one attached hydrogen (secondary N) is 1. The first-order chi connectivity index (χ1) is 9.58. The van der Waals surface area contributed by atoms with E-state index in [9.17, 15) is 14.9 Å². The normalized spacial score (nSPS) is 11.1. The van der Waals surface area contributed by atoms with Gasteiger partial charge in [-0.2, -0.15) is 0 Å². The molecule has 1 aromatic heterocycles. The molecule has 20 heavy (non-hydrogen) atoms. The third kappa shape index (κ3) is 2.39. The summed E-state index contributed by atoms with van der Waals surface area (Å²) in [6, 6.07) is 4.12. The van der Waals surface area contributed by atoms with Crippen molar-refractivity contribution in [2.75, 3.05) is 13.7 Å². The van der Waals surface area contributed by atoms with Crippen molar-refractivity contribution in [1.82, 2.24) is 4.98 Å². The number of nitrogens with zero attached hydrogens (tertiary/aromatic N) is 1. The number of aliphatic hydroxyl groups is 1. The van der Waals surface area contributed by atoms with Gasteiger partial charge in [-0.05, 0) is 6.07 Å². The van der Waals surface area contributed by atoms with Gasteiger partial charge in [-0.1, -0.05) is 12.2 Å². The summed E-state index contributed by atoms with van der Waals surface area (Å²) in [5.74, 6) is 0.0442. The SMILES string of the molecule is COc1c(C=CCO)c2cc([N+](=O)[O-])ccc2[nH]c1=O. The zero-order valence-corrected chi connectivity index (χ0v) is 10.6. The molecule has 0 radical (unpaired) electrons. The fourth-order valence-electron chi connectivity index (χ4n) is 1.94. The summed E-state index contributed by atoms with van der Waals surface area (Å²) >= 11 is 0. The van der Waals surface area contributed by atoms with Crippen LogP contribution < -0.4 is 10.3 Å². The van der Waals surface area contributed by atoms with Crippen molar-refractivity contribution in [1.29, 1.82) is 0 Å². The number of hydrogen-bond donors (Lipinski definition) is 2. The molecule has 0 saturated carbocycles. The number of nitro groups is 1. The van der Waals surface area contributed by atoms with Crippen molar-refractivity contribution in [3.8, 4) is 5.75 Å². The molecule has 7 nitrogen and oxygen atoms in total. The predicted octanol–water partition coefficient (Wildman–Crippen LogP) is 1.45. The Labute approximate surface area is 113 Å². The lowest BCUT2D eigenvalue weighted by Crippen LogP contribution is -2.11. The highest BCUT2D eigenvalue weighted by molar-refractivity contribution is 5.91. The maximum atomic E-state index is 11.9. The summed E-state index contributed by atoms with van der Waals surface area (Å²) in [6.45, 7) is -0.216. The minimum Gasteiger partial charge on any atom is -0.491 e. The molecule has 2 aromatic rings. The molecule has 0 aliphatic heterocycles. The van der Waals surface area contributed by atoms with Crippen LogP contribution in [0.5, 0.6) is 5.75 Å². The van der Waals surface area contributed by atoms with Gasteiger partial charge in [-0.3, -0.25) is 14.9 Å². The maximum Gasteiger partial charge on any atom is 0.291 e. The minimum absolute atomic E-state index is 0.0442. The largest absolute Gasteiger partial charge is 0.491 e. The third-order valence-corrected chi connectivity index (χ3v) is 2.80. The van der Waals surface area contributed by atoms with Gasteiger partial charge >= 0.3 is 0 Å². The number of aromatic nitrogens is 1. The molecule has 0 atom stereocenters. The molecular formula is C13H12N2O5. The van der Waals surface area contributed by atoms with E-state index in [0.29, 0.717) is 16.5 Å². The van der Waals surface area contributed by atoms with Crippen molar-refractivity contribution < 1.29 is 14.8 Å². The maximum absolute atomic E-state index is 11.9. The lowest BCUT2D eigenvalue weighted by molar-refractivity contribution is -0.384. The van der Waals surface area contributed by atoms with Gasteiger partial charge in [-0.15, -0.1) is 0 Å². The quantitative estimate of drug-likeness (QED) is 0.649. The van der Waals surface area contributed by atoms with Crippen molar-refractivity contribution in [2.24, 2.45) is 0 Å². The van der Waals surface area contributed by atoms with E-state index in [1.54, 1.807) is 0 Å². The number of methoxy groups -OCH3 is 1. The molecule has 0 aliphatic carbocycles. The van der Waals surface area contributed by atoms with E-state index in [2.05, 4.69) is 4.98 Å². The van der Waals surface area contributed by atoms with Crippen LogP contribution in [0.1, 0.15) is 5.56 Å². The highest BCUT2D eigenvalue weighted by Crippen LogP contribution is 2.27. The summed E-state index contributed by atoms with van der Waals surface area (Å²) in [5, 5.41) is 20.2. The fraction of sp³-hybridized carbons (Fsp3) is 0.154. The number of aromatic amines is 1. The monoisotopic (exact) mass is 276 g/mol. The van der Waals surface area contributed by atoms with Crippen LogP contribution in [0.4, 0.5) is 5.69 Å². The molecule has 0 bridgehead atoms. The third-order valence-electron chi connectivity index (χ3n) is 2.80. The number of H-pyrrole nitrogens is 1. The molecular weight excluding hydrogens is 264 g/mol. The molecule has 1 aromatic carbocycles. The standard InChI is InChI=1S/C13H12N2O5/c1-20-12-9(3-2-6-16)10-7-8(15(18)19)4-5-11(10)14-13(12)17/h2-5,7,16H,6H2,1H3,(H,14,17). The number of hydrogen-bond acceptors (Lipinski definition) is 5. The first-order valence-corrected chi connectivity index (χ1v) is 5.74. The van der Waals surface area contributed by atoms with Gasteiger partial charge in [-0.25, -0.2) is 0 Å². The second-order valence-corrected chi connectivity index (χ2v) is 3.97. The molecule has 7 heteroatoms. The number of benzene rings is 1. The van der Waals surface area contributed by atoms with E-state index >= 15 is 0 Å². The number of nitro benzene ring substituents is 1. The molecule has 1 heterocycles. The van der Waals surface area contributed by atoms with Gasteiger partial charge in [0.05, 0.1) is 18.6 Å². The second kappa shape index (κ2) is 5.54. The Hall–Kier alpha value is -2.67. The first kappa shape index (κ1) is 13.8. The van der Waals surface area contributed by atoms with Gasteiger partial charge in [0.15, 0.2) is 5.75 Å². The lowest BCUT2D eigenvalue weighted by atomic mass is 10.1. The molecule has 0 unspecified atom stereocenters. The minimum atomic E-state index is -0.517. The van der Waals surface area contributed by atoms with Crippen LogP contribution in [-0.4, -0.2) is 28.7 Å². The van der Waals surface area contributed by atoms with E-state index < -0.39 is 10.5 Å². The number of rotatable bonds is 4. The van der Waals surface area contributed by atoms with Crippen molar-refractivity contribution in [2.45, 2.75) is 0 Å². The van der Waals surface area contributed by atoms with Crippen molar-refractivity contribution in [3.63, 3.8) is 0 Å². The van der Waals surface area contributed by atoms with Gasteiger partial charge in [0, 0.05) is 28.6 Å². The zero-order valence-electron chi connectivity index (χ0n) is 10.6. The second-order valence-electron chi connectivity index (χ2n) is 3.97. The van der Waals surface area contributed by atoms with Crippen molar-refractivity contribution in [3.05, 3.63) is 50.3 Å². The molecule has 2 N–H and O–H groups in total. The highest BCUT2D eigenvalue weighted by atomic mass is 16.6. The van der Waals surface area contributed by atoms with Crippen molar-refractivity contribution >= 4 is 22.7 Å². The topological polar surface area (TPSA) is 105 Å². The van der Waals surface area contributed by atoms with E-state index in [1.807, 2.05) is 0 Å². The highest BCUT2D eigenvalue weighted by Gasteiger charge is 2.14. The summed E-state index contributed by atoms with van der Waals surface area (Å²) in [5.41, 5.74) is 0.319. The van der Waals surface area contributed by atoms with Gasteiger partial charge in [0.2, 0.25) is 0 Å². The van der Waals surface area contributed by atoms with Crippen LogP contribution >= 0.6 is 0 Å². The zero-order chi connectivity index (χ0) is 14.7. The molecule has 0 fully saturated rings.